The van der Waals surface area contributed by atoms with Gasteiger partial charge in [-0.1, -0.05) is 43.0 Å². The van der Waals surface area contributed by atoms with Crippen LogP contribution in [0.15, 0.2) is 24.3 Å². The van der Waals surface area contributed by atoms with Crippen LogP contribution in [-0.4, -0.2) is 12.2 Å². The second-order valence-electron chi connectivity index (χ2n) is 3.89. The van der Waals surface area contributed by atoms with Crippen LogP contribution < -0.4 is 0 Å². The van der Waals surface area contributed by atoms with Gasteiger partial charge in [-0.3, -0.25) is 0 Å². The first kappa shape index (κ1) is 12.5. The first-order chi connectivity index (χ1) is 7.36. The highest BCUT2D eigenvalue weighted by Crippen LogP contribution is 2.32. The van der Waals surface area contributed by atoms with Crippen molar-refractivity contribution in [2.24, 2.45) is 0 Å². The van der Waals surface area contributed by atoms with Gasteiger partial charge in [0.25, 0.3) is 0 Å². The molecule has 0 bridgehead atoms. The van der Waals surface area contributed by atoms with Crippen molar-refractivity contribution in [1.29, 1.82) is 0 Å². The summed E-state index contributed by atoms with van der Waals surface area (Å²) in [5.74, 6) is 0.797. The summed E-state index contributed by atoms with van der Waals surface area (Å²) in [4.78, 5) is 0. The van der Waals surface area contributed by atoms with Gasteiger partial charge in [-0.2, -0.15) is 0 Å². The van der Waals surface area contributed by atoms with Gasteiger partial charge in [0.1, 0.15) is 0 Å². The fraction of sp³-hybridized carbons (Fsp3) is 0.538. The molecule has 1 aromatic rings. The minimum absolute atomic E-state index is 0.797. The average molecular weight is 227 g/mol. The van der Waals surface area contributed by atoms with E-state index in [1.165, 1.54) is 37.7 Å². The summed E-state index contributed by atoms with van der Waals surface area (Å²) in [5, 5.41) is 7.85. The molecule has 1 aromatic carbocycles. The predicted octanol–water partition coefficient (Wildman–Crippen LogP) is 4.00. The Morgan fingerprint density at radius 2 is 1.53 bits per heavy atom. The van der Waals surface area contributed by atoms with Gasteiger partial charge in [-0.15, -0.1) is 0 Å². The molecule has 1 nitrogen and oxygen atoms in total. The van der Waals surface area contributed by atoms with E-state index < -0.39 is 0 Å². The van der Waals surface area contributed by atoms with Crippen LogP contribution in [-0.2, 0) is 0 Å². The third-order valence-electron chi connectivity index (χ3n) is 2.95. The Morgan fingerprint density at radius 1 is 1.00 bits per heavy atom. The van der Waals surface area contributed by atoms with Crippen LogP contribution in [0.4, 0.5) is 0 Å². The van der Waals surface area contributed by atoms with Crippen molar-refractivity contribution >= 4 is 11.6 Å². The standard InChI is InChI=1S/C12H15Cl.CH4O/c13-12-8-6-11(7-9-12)10-4-2-1-3-5-10;1-2/h6-10H,1-5H2;2H,1H3. The van der Waals surface area contributed by atoms with Gasteiger partial charge in [0.05, 0.1) is 0 Å². The molecule has 0 heterocycles. The lowest BCUT2D eigenvalue weighted by Crippen LogP contribution is -2.03. The summed E-state index contributed by atoms with van der Waals surface area (Å²) in [6.45, 7) is 0. The molecule has 1 aliphatic carbocycles. The fourth-order valence-electron chi connectivity index (χ4n) is 2.17. The highest BCUT2D eigenvalue weighted by Gasteiger charge is 2.14. The Hall–Kier alpha value is -0.530. The van der Waals surface area contributed by atoms with E-state index in [0.717, 1.165) is 18.1 Å². The third-order valence-corrected chi connectivity index (χ3v) is 3.20. The van der Waals surface area contributed by atoms with E-state index in [4.69, 9.17) is 16.7 Å². The molecule has 84 valence electrons. The molecular weight excluding hydrogens is 208 g/mol. The molecule has 0 saturated heterocycles. The summed E-state index contributed by atoms with van der Waals surface area (Å²) in [5.41, 5.74) is 1.48. The lowest BCUT2D eigenvalue weighted by Gasteiger charge is -2.21. The van der Waals surface area contributed by atoms with Crippen LogP contribution in [0.1, 0.15) is 43.6 Å². The number of aliphatic hydroxyl groups excluding tert-OH is 1. The maximum absolute atomic E-state index is 7.00. The molecule has 1 saturated carbocycles. The van der Waals surface area contributed by atoms with Gasteiger partial charge >= 0.3 is 0 Å². The zero-order valence-electron chi connectivity index (χ0n) is 9.25. The van der Waals surface area contributed by atoms with Crippen molar-refractivity contribution in [1.82, 2.24) is 0 Å². The number of hydrogen-bond donors (Lipinski definition) is 1. The van der Waals surface area contributed by atoms with Crippen molar-refractivity contribution in [2.75, 3.05) is 7.11 Å². The first-order valence-corrected chi connectivity index (χ1v) is 5.94. The topological polar surface area (TPSA) is 20.2 Å². The molecule has 1 fully saturated rings. The molecule has 0 amide bonds. The van der Waals surface area contributed by atoms with Crippen LogP contribution in [0.25, 0.3) is 0 Å². The van der Waals surface area contributed by atoms with Gasteiger partial charge < -0.3 is 5.11 Å². The SMILES string of the molecule is CO.Clc1ccc(C2CCCCC2)cc1. The van der Waals surface area contributed by atoms with Gasteiger partial charge in [-0.25, -0.2) is 0 Å². The van der Waals surface area contributed by atoms with Crippen LogP contribution in [0.2, 0.25) is 5.02 Å². The second kappa shape index (κ2) is 6.86. The minimum Gasteiger partial charge on any atom is -0.400 e. The molecule has 1 aliphatic rings. The van der Waals surface area contributed by atoms with E-state index in [2.05, 4.69) is 12.1 Å². The van der Waals surface area contributed by atoms with Gasteiger partial charge in [-0.05, 0) is 36.5 Å². The van der Waals surface area contributed by atoms with E-state index in [9.17, 15) is 0 Å². The van der Waals surface area contributed by atoms with E-state index in [1.807, 2.05) is 12.1 Å². The van der Waals surface area contributed by atoms with Crippen molar-refractivity contribution in [3.05, 3.63) is 34.9 Å². The fourth-order valence-corrected chi connectivity index (χ4v) is 2.30. The largest absolute Gasteiger partial charge is 0.400 e. The summed E-state index contributed by atoms with van der Waals surface area (Å²) >= 11 is 5.85. The lowest BCUT2D eigenvalue weighted by molar-refractivity contribution is 0.399. The van der Waals surface area contributed by atoms with E-state index in [1.54, 1.807) is 0 Å². The second-order valence-corrected chi connectivity index (χ2v) is 4.32. The Labute approximate surface area is 97.1 Å². The molecule has 2 heteroatoms. The Kier molecular flexibility index (Phi) is 5.74. The van der Waals surface area contributed by atoms with Crippen molar-refractivity contribution in [3.8, 4) is 0 Å². The molecule has 15 heavy (non-hydrogen) atoms. The molecule has 0 aromatic heterocycles. The van der Waals surface area contributed by atoms with E-state index >= 15 is 0 Å². The normalized spacial score (nSPS) is 16.7. The predicted molar refractivity (Wildman–Crippen MR) is 65.4 cm³/mol. The van der Waals surface area contributed by atoms with Gasteiger partial charge in [0.2, 0.25) is 0 Å². The highest BCUT2D eigenvalue weighted by atomic mass is 35.5. The third kappa shape index (κ3) is 3.84. The molecule has 0 radical (unpaired) electrons. The Morgan fingerprint density at radius 3 is 2.07 bits per heavy atom. The summed E-state index contributed by atoms with van der Waals surface area (Å²) < 4.78 is 0. The molecule has 2 rings (SSSR count). The van der Waals surface area contributed by atoms with E-state index in [0.29, 0.717) is 0 Å². The van der Waals surface area contributed by atoms with Crippen LogP contribution >= 0.6 is 11.6 Å². The Balaban J connectivity index is 0.000000531. The van der Waals surface area contributed by atoms with E-state index in [-0.39, 0.29) is 0 Å². The maximum atomic E-state index is 7.00. The molecule has 0 atom stereocenters. The summed E-state index contributed by atoms with van der Waals surface area (Å²) in [6, 6.07) is 8.37. The average Bonchev–Trinajstić information content (AvgIpc) is 2.34. The van der Waals surface area contributed by atoms with Crippen molar-refractivity contribution in [2.45, 2.75) is 38.0 Å². The Bertz CT molecular complexity index is 262. The lowest BCUT2D eigenvalue weighted by atomic mass is 9.84. The number of halogens is 1. The van der Waals surface area contributed by atoms with Crippen LogP contribution in [0, 0.1) is 0 Å². The number of hydrogen-bond acceptors (Lipinski definition) is 1. The zero-order valence-corrected chi connectivity index (χ0v) is 10.0. The van der Waals surface area contributed by atoms with Crippen molar-refractivity contribution in [3.63, 3.8) is 0 Å². The van der Waals surface area contributed by atoms with Crippen LogP contribution in [0.5, 0.6) is 0 Å². The van der Waals surface area contributed by atoms with Gasteiger partial charge in [0.15, 0.2) is 0 Å². The first-order valence-electron chi connectivity index (χ1n) is 5.56. The highest BCUT2D eigenvalue weighted by molar-refractivity contribution is 6.30. The number of aliphatic hydroxyl groups is 1. The molecular formula is C13H19ClO. The number of benzene rings is 1. The maximum Gasteiger partial charge on any atom is 0.0406 e. The van der Waals surface area contributed by atoms with Crippen molar-refractivity contribution < 1.29 is 5.11 Å². The van der Waals surface area contributed by atoms with Gasteiger partial charge in [0, 0.05) is 12.1 Å². The molecule has 0 aliphatic heterocycles. The molecule has 1 N–H and O–H groups in total. The monoisotopic (exact) mass is 226 g/mol. The minimum atomic E-state index is 0.797. The zero-order chi connectivity index (χ0) is 11.1. The summed E-state index contributed by atoms with van der Waals surface area (Å²) in [7, 11) is 1.00. The quantitative estimate of drug-likeness (QED) is 0.768. The molecule has 0 unspecified atom stereocenters. The molecule has 0 spiro atoms. The summed E-state index contributed by atoms with van der Waals surface area (Å²) in [6.07, 6.45) is 6.94. The smallest absolute Gasteiger partial charge is 0.0406 e. The van der Waals surface area contributed by atoms with Crippen LogP contribution in [0.3, 0.4) is 0 Å². The number of rotatable bonds is 1.